The Morgan fingerprint density at radius 1 is 1.50 bits per heavy atom. The third-order valence-electron chi connectivity index (χ3n) is 3.14. The number of carbonyl (C=O) groups is 1. The largest absolute Gasteiger partial charge is 0.370 e. The molecule has 2 nitrogen and oxygen atoms in total. The summed E-state index contributed by atoms with van der Waals surface area (Å²) in [6, 6.07) is 6.66. The van der Waals surface area contributed by atoms with E-state index in [4.69, 9.17) is 0 Å². The number of anilines is 1. The fourth-order valence-corrected chi connectivity index (χ4v) is 3.38. The van der Waals surface area contributed by atoms with Crippen molar-refractivity contribution < 1.29 is 4.79 Å². The van der Waals surface area contributed by atoms with Crippen molar-refractivity contribution in [2.45, 2.75) is 19.4 Å². The van der Waals surface area contributed by atoms with Gasteiger partial charge < -0.3 is 4.90 Å². The summed E-state index contributed by atoms with van der Waals surface area (Å²) in [5.74, 6) is 2.40. The van der Waals surface area contributed by atoms with Crippen LogP contribution in [0.15, 0.2) is 18.2 Å². The van der Waals surface area contributed by atoms with E-state index in [1.807, 2.05) is 24.8 Å². The van der Waals surface area contributed by atoms with Gasteiger partial charge in [0.25, 0.3) is 0 Å². The number of hydrogen-bond donors (Lipinski definition) is 0. The molecule has 1 atom stereocenters. The third-order valence-corrected chi connectivity index (χ3v) is 4.29. The molecule has 0 spiro atoms. The molecular formula is C13H17NOS. The predicted octanol–water partition coefficient (Wildman–Crippen LogP) is 2.75. The van der Waals surface area contributed by atoms with Crippen LogP contribution in [0.4, 0.5) is 5.69 Å². The summed E-state index contributed by atoms with van der Waals surface area (Å²) in [6.45, 7) is 2.02. The maximum absolute atomic E-state index is 11.1. The van der Waals surface area contributed by atoms with Gasteiger partial charge in [-0.1, -0.05) is 11.6 Å². The SMILES string of the molecule is Cc1ccc(N(C)C2CCSC2)c(C=O)c1. The lowest BCUT2D eigenvalue weighted by Gasteiger charge is -2.27. The predicted molar refractivity (Wildman–Crippen MR) is 70.7 cm³/mol. The molecule has 1 aliphatic rings. The summed E-state index contributed by atoms with van der Waals surface area (Å²) >= 11 is 1.99. The fraction of sp³-hybridized carbons (Fsp3) is 0.462. The first-order valence-electron chi connectivity index (χ1n) is 5.59. The van der Waals surface area contributed by atoms with Crippen molar-refractivity contribution in [2.24, 2.45) is 0 Å². The highest BCUT2D eigenvalue weighted by Crippen LogP contribution is 2.28. The summed E-state index contributed by atoms with van der Waals surface area (Å²) in [5.41, 5.74) is 3.01. The number of thioether (sulfide) groups is 1. The number of hydrogen-bond acceptors (Lipinski definition) is 3. The molecule has 1 aliphatic heterocycles. The normalized spacial score (nSPS) is 19.8. The Morgan fingerprint density at radius 3 is 2.94 bits per heavy atom. The minimum absolute atomic E-state index is 0.575. The molecule has 86 valence electrons. The first-order chi connectivity index (χ1) is 7.72. The third kappa shape index (κ3) is 2.24. The standard InChI is InChI=1S/C13H17NOS/c1-10-3-4-13(11(7-10)8-15)14(2)12-5-6-16-9-12/h3-4,7-8,12H,5-6,9H2,1-2H3. The van der Waals surface area contributed by atoms with E-state index in [9.17, 15) is 4.79 Å². The quantitative estimate of drug-likeness (QED) is 0.751. The molecule has 1 heterocycles. The van der Waals surface area contributed by atoms with Gasteiger partial charge in [-0.15, -0.1) is 0 Å². The average Bonchev–Trinajstić information content (AvgIpc) is 2.81. The van der Waals surface area contributed by atoms with Crippen molar-refractivity contribution in [3.63, 3.8) is 0 Å². The molecule has 0 saturated carbocycles. The lowest BCUT2D eigenvalue weighted by Crippen LogP contribution is -2.32. The fourth-order valence-electron chi connectivity index (χ4n) is 2.11. The van der Waals surface area contributed by atoms with Gasteiger partial charge in [0.2, 0.25) is 0 Å². The molecule has 0 aliphatic carbocycles. The highest BCUT2D eigenvalue weighted by Gasteiger charge is 2.21. The van der Waals surface area contributed by atoms with Crippen LogP contribution in [-0.4, -0.2) is 30.9 Å². The van der Waals surface area contributed by atoms with Crippen LogP contribution in [0.1, 0.15) is 22.3 Å². The minimum Gasteiger partial charge on any atom is -0.370 e. The molecule has 1 aromatic carbocycles. The molecule has 0 N–H and O–H groups in total. The molecule has 2 rings (SSSR count). The van der Waals surface area contributed by atoms with Gasteiger partial charge in [0.05, 0.1) is 0 Å². The van der Waals surface area contributed by atoms with Crippen molar-refractivity contribution >= 4 is 23.7 Å². The molecule has 1 fully saturated rings. The molecular weight excluding hydrogens is 218 g/mol. The van der Waals surface area contributed by atoms with Crippen molar-refractivity contribution in [1.29, 1.82) is 0 Å². The summed E-state index contributed by atoms with van der Waals surface area (Å²) < 4.78 is 0. The van der Waals surface area contributed by atoms with Crippen LogP contribution in [0.5, 0.6) is 0 Å². The maximum atomic E-state index is 11.1. The smallest absolute Gasteiger partial charge is 0.152 e. The molecule has 0 aromatic heterocycles. The van der Waals surface area contributed by atoms with Crippen LogP contribution >= 0.6 is 11.8 Å². The van der Waals surface area contributed by atoms with Gasteiger partial charge in [0.15, 0.2) is 6.29 Å². The minimum atomic E-state index is 0.575. The molecule has 0 radical (unpaired) electrons. The van der Waals surface area contributed by atoms with Gasteiger partial charge in [-0.2, -0.15) is 11.8 Å². The van der Waals surface area contributed by atoms with Crippen LogP contribution < -0.4 is 4.90 Å². The van der Waals surface area contributed by atoms with Crippen molar-refractivity contribution in [1.82, 2.24) is 0 Å². The highest BCUT2D eigenvalue weighted by molar-refractivity contribution is 7.99. The van der Waals surface area contributed by atoms with Crippen molar-refractivity contribution in [2.75, 3.05) is 23.5 Å². The Kier molecular flexibility index (Phi) is 3.54. The number of aryl methyl sites for hydroxylation is 1. The Morgan fingerprint density at radius 2 is 2.31 bits per heavy atom. The van der Waals surface area contributed by atoms with Crippen LogP contribution in [-0.2, 0) is 0 Å². The Labute approximate surface area is 101 Å². The summed E-state index contributed by atoms with van der Waals surface area (Å²) in [6.07, 6.45) is 2.17. The lowest BCUT2D eigenvalue weighted by atomic mass is 10.1. The monoisotopic (exact) mass is 235 g/mol. The summed E-state index contributed by atoms with van der Waals surface area (Å²) in [7, 11) is 2.09. The van der Waals surface area contributed by atoms with Crippen LogP contribution in [0.25, 0.3) is 0 Å². The molecule has 1 aromatic rings. The second-order valence-electron chi connectivity index (χ2n) is 4.31. The van der Waals surface area contributed by atoms with Gasteiger partial charge in [-0.05, 0) is 31.2 Å². The molecule has 16 heavy (non-hydrogen) atoms. The molecule has 1 saturated heterocycles. The second kappa shape index (κ2) is 4.91. The Balaban J connectivity index is 2.27. The van der Waals surface area contributed by atoms with Gasteiger partial charge in [0, 0.05) is 30.1 Å². The highest BCUT2D eigenvalue weighted by atomic mass is 32.2. The van der Waals surface area contributed by atoms with Gasteiger partial charge in [-0.3, -0.25) is 4.79 Å². The van der Waals surface area contributed by atoms with E-state index < -0.39 is 0 Å². The first-order valence-corrected chi connectivity index (χ1v) is 6.74. The number of carbonyl (C=O) groups excluding carboxylic acids is 1. The van der Waals surface area contributed by atoms with Crippen LogP contribution in [0.3, 0.4) is 0 Å². The van der Waals surface area contributed by atoms with Gasteiger partial charge in [0.1, 0.15) is 0 Å². The molecule has 0 bridgehead atoms. The second-order valence-corrected chi connectivity index (χ2v) is 5.46. The number of aldehydes is 1. The first kappa shape index (κ1) is 11.5. The Bertz CT molecular complexity index is 386. The summed E-state index contributed by atoms with van der Waals surface area (Å²) in [5, 5.41) is 0. The molecule has 3 heteroatoms. The van der Waals surface area contributed by atoms with Crippen molar-refractivity contribution in [3.05, 3.63) is 29.3 Å². The van der Waals surface area contributed by atoms with Crippen molar-refractivity contribution in [3.8, 4) is 0 Å². The number of rotatable bonds is 3. The number of nitrogens with zero attached hydrogens (tertiary/aromatic N) is 1. The van der Waals surface area contributed by atoms with Crippen LogP contribution in [0, 0.1) is 6.92 Å². The molecule has 0 amide bonds. The maximum Gasteiger partial charge on any atom is 0.152 e. The number of benzene rings is 1. The van der Waals surface area contributed by atoms with E-state index in [-0.39, 0.29) is 0 Å². The van der Waals surface area contributed by atoms with E-state index in [1.54, 1.807) is 0 Å². The zero-order valence-corrected chi connectivity index (χ0v) is 10.6. The topological polar surface area (TPSA) is 20.3 Å². The van der Waals surface area contributed by atoms with E-state index >= 15 is 0 Å². The van der Waals surface area contributed by atoms with E-state index in [0.29, 0.717) is 6.04 Å². The van der Waals surface area contributed by atoms with Crippen LogP contribution in [0.2, 0.25) is 0 Å². The zero-order valence-electron chi connectivity index (χ0n) is 9.77. The van der Waals surface area contributed by atoms with Gasteiger partial charge >= 0.3 is 0 Å². The lowest BCUT2D eigenvalue weighted by molar-refractivity contribution is 0.112. The van der Waals surface area contributed by atoms with Gasteiger partial charge in [-0.25, -0.2) is 0 Å². The summed E-state index contributed by atoms with van der Waals surface area (Å²) in [4.78, 5) is 13.3. The average molecular weight is 235 g/mol. The Hall–Kier alpha value is -0.960. The molecule has 1 unspecified atom stereocenters. The van der Waals surface area contributed by atoms with E-state index in [2.05, 4.69) is 24.1 Å². The van der Waals surface area contributed by atoms with E-state index in [0.717, 1.165) is 23.1 Å². The zero-order chi connectivity index (χ0) is 11.5. The van der Waals surface area contributed by atoms with E-state index in [1.165, 1.54) is 17.9 Å².